The van der Waals surface area contributed by atoms with Crippen LogP contribution in [0.4, 0.5) is 9.18 Å². The highest BCUT2D eigenvalue weighted by atomic mass is 79.9. The lowest BCUT2D eigenvalue weighted by Gasteiger charge is -2.12. The van der Waals surface area contributed by atoms with Crippen molar-refractivity contribution in [1.82, 2.24) is 5.32 Å². The predicted molar refractivity (Wildman–Crippen MR) is 57.0 cm³/mol. The van der Waals surface area contributed by atoms with Gasteiger partial charge in [-0.1, -0.05) is 15.9 Å². The number of hydrogen-bond donors (Lipinski definition) is 2. The fraction of sp³-hybridized carbons (Fsp3) is 0.111. The zero-order chi connectivity index (χ0) is 11.0. The minimum atomic E-state index is -0.553. The van der Waals surface area contributed by atoms with Gasteiger partial charge < -0.3 is 11.1 Å². The van der Waals surface area contributed by atoms with Gasteiger partial charge in [-0.25, -0.2) is 9.18 Å². The molecule has 6 heteroatoms. The van der Waals surface area contributed by atoms with Crippen molar-refractivity contribution in [1.29, 1.82) is 0 Å². The molecule has 0 saturated carbocycles. The summed E-state index contributed by atoms with van der Waals surface area (Å²) in [6.45, 7) is 0. The first-order valence-corrected chi connectivity index (χ1v) is 4.97. The SMILES string of the molecule is NC1=NC(=O)NC1c1cc(F)ccc1Br. The Bertz CT molecular complexity index is 461. The Morgan fingerprint density at radius 2 is 2.27 bits per heavy atom. The maximum Gasteiger partial charge on any atom is 0.343 e. The average molecular weight is 272 g/mol. The molecule has 1 unspecified atom stereocenters. The standard InChI is InChI=1S/C9H7BrFN3O/c10-6-2-1-4(11)3-5(6)7-8(12)14-9(15)13-7/h1-3,7H,(H3,12,13,14,15). The molecule has 15 heavy (non-hydrogen) atoms. The number of nitrogens with two attached hydrogens (primary N) is 1. The van der Waals surface area contributed by atoms with E-state index >= 15 is 0 Å². The number of hydrogen-bond acceptors (Lipinski definition) is 2. The minimum Gasteiger partial charge on any atom is -0.385 e. The molecule has 0 fully saturated rings. The van der Waals surface area contributed by atoms with Gasteiger partial charge in [-0.2, -0.15) is 4.99 Å². The number of nitrogens with zero attached hydrogens (tertiary/aromatic N) is 1. The molecule has 0 aliphatic carbocycles. The molecule has 2 rings (SSSR count). The van der Waals surface area contributed by atoms with E-state index in [1.807, 2.05) is 0 Å². The average Bonchev–Trinajstić information content (AvgIpc) is 2.50. The van der Waals surface area contributed by atoms with Crippen LogP contribution in [0.3, 0.4) is 0 Å². The number of aliphatic imine (C=N–C) groups is 1. The molecule has 0 spiro atoms. The van der Waals surface area contributed by atoms with Crippen molar-refractivity contribution in [2.45, 2.75) is 6.04 Å². The smallest absolute Gasteiger partial charge is 0.343 e. The van der Waals surface area contributed by atoms with Crippen LogP contribution >= 0.6 is 15.9 Å². The van der Waals surface area contributed by atoms with Gasteiger partial charge in [0.15, 0.2) is 0 Å². The molecular formula is C9H7BrFN3O. The lowest BCUT2D eigenvalue weighted by Crippen LogP contribution is -2.28. The summed E-state index contributed by atoms with van der Waals surface area (Å²) in [7, 11) is 0. The van der Waals surface area contributed by atoms with Crippen LogP contribution < -0.4 is 11.1 Å². The molecule has 0 bridgehead atoms. The van der Waals surface area contributed by atoms with Crippen molar-refractivity contribution in [3.05, 3.63) is 34.1 Å². The molecule has 1 atom stereocenters. The Labute approximate surface area is 93.5 Å². The molecule has 1 aliphatic heterocycles. The molecule has 4 nitrogen and oxygen atoms in total. The van der Waals surface area contributed by atoms with E-state index in [1.165, 1.54) is 12.1 Å². The number of urea groups is 1. The molecule has 3 N–H and O–H groups in total. The fourth-order valence-corrected chi connectivity index (χ4v) is 1.86. The van der Waals surface area contributed by atoms with Crippen molar-refractivity contribution >= 4 is 27.8 Å². The van der Waals surface area contributed by atoms with Crippen LogP contribution in [0.15, 0.2) is 27.7 Å². The number of amides is 2. The fourth-order valence-electron chi connectivity index (χ4n) is 1.38. The highest BCUT2D eigenvalue weighted by molar-refractivity contribution is 9.10. The van der Waals surface area contributed by atoms with Crippen LogP contribution in [-0.2, 0) is 0 Å². The molecule has 2 amide bonds. The predicted octanol–water partition coefficient (Wildman–Crippen LogP) is 1.71. The molecule has 78 valence electrons. The second-order valence-electron chi connectivity index (χ2n) is 3.09. The van der Waals surface area contributed by atoms with Crippen molar-refractivity contribution in [2.75, 3.05) is 0 Å². The van der Waals surface area contributed by atoms with Crippen LogP contribution in [0, 0.1) is 5.82 Å². The molecule has 1 aromatic carbocycles. The lowest BCUT2D eigenvalue weighted by atomic mass is 10.1. The van der Waals surface area contributed by atoms with Crippen LogP contribution in [0.2, 0.25) is 0 Å². The highest BCUT2D eigenvalue weighted by Crippen LogP contribution is 2.26. The van der Waals surface area contributed by atoms with E-state index < -0.39 is 12.1 Å². The third-order valence-corrected chi connectivity index (χ3v) is 2.79. The Morgan fingerprint density at radius 3 is 2.87 bits per heavy atom. The molecule has 1 heterocycles. The maximum atomic E-state index is 13.0. The van der Waals surface area contributed by atoms with Gasteiger partial charge in [0.25, 0.3) is 0 Å². The Hall–Kier alpha value is -1.43. The summed E-state index contributed by atoms with van der Waals surface area (Å²) in [6, 6.07) is 3.12. The van der Waals surface area contributed by atoms with Crippen LogP contribution in [0.5, 0.6) is 0 Å². The number of rotatable bonds is 1. The number of nitrogens with one attached hydrogen (secondary N) is 1. The van der Waals surface area contributed by atoms with Crippen molar-refractivity contribution in [3.8, 4) is 0 Å². The maximum absolute atomic E-state index is 13.0. The first-order chi connectivity index (χ1) is 7.08. The van der Waals surface area contributed by atoms with Gasteiger partial charge in [-0.15, -0.1) is 0 Å². The Morgan fingerprint density at radius 1 is 1.53 bits per heavy atom. The molecule has 0 saturated heterocycles. The van der Waals surface area contributed by atoms with Gasteiger partial charge in [0.2, 0.25) is 0 Å². The summed E-state index contributed by atoms with van der Waals surface area (Å²) in [5, 5.41) is 2.52. The number of carbonyl (C=O) groups excluding carboxylic acids is 1. The first kappa shape index (κ1) is 10.1. The van der Waals surface area contributed by atoms with Crippen molar-refractivity contribution in [2.24, 2.45) is 10.7 Å². The van der Waals surface area contributed by atoms with Crippen LogP contribution in [-0.4, -0.2) is 11.9 Å². The summed E-state index contributed by atoms with van der Waals surface area (Å²) in [6.07, 6.45) is 0. The second-order valence-corrected chi connectivity index (χ2v) is 3.94. The molecule has 1 aliphatic rings. The third-order valence-electron chi connectivity index (χ3n) is 2.06. The normalized spacial score (nSPS) is 20.0. The van der Waals surface area contributed by atoms with E-state index in [0.717, 1.165) is 0 Å². The number of amidine groups is 1. The van der Waals surface area contributed by atoms with E-state index in [9.17, 15) is 9.18 Å². The summed E-state index contributed by atoms with van der Waals surface area (Å²) in [4.78, 5) is 14.5. The monoisotopic (exact) mass is 271 g/mol. The Kier molecular flexibility index (Phi) is 2.44. The first-order valence-electron chi connectivity index (χ1n) is 4.17. The topological polar surface area (TPSA) is 67.5 Å². The Balaban J connectivity index is 2.42. The third kappa shape index (κ3) is 1.85. The van der Waals surface area contributed by atoms with E-state index in [4.69, 9.17) is 5.73 Å². The van der Waals surface area contributed by atoms with E-state index in [0.29, 0.717) is 10.0 Å². The molecule has 0 radical (unpaired) electrons. The largest absolute Gasteiger partial charge is 0.385 e. The summed E-state index contributed by atoms with van der Waals surface area (Å²) in [5.74, 6) is -0.242. The van der Waals surface area contributed by atoms with E-state index in [-0.39, 0.29) is 11.7 Å². The van der Waals surface area contributed by atoms with Gasteiger partial charge in [0, 0.05) is 4.47 Å². The quantitative estimate of drug-likeness (QED) is 0.817. The second kappa shape index (κ2) is 3.62. The molecular weight excluding hydrogens is 265 g/mol. The number of halogens is 2. The zero-order valence-corrected chi connectivity index (χ0v) is 9.08. The van der Waals surface area contributed by atoms with Crippen LogP contribution in [0.25, 0.3) is 0 Å². The van der Waals surface area contributed by atoms with E-state index in [1.54, 1.807) is 6.07 Å². The summed E-state index contributed by atoms with van der Waals surface area (Å²) in [5.41, 5.74) is 6.10. The van der Waals surface area contributed by atoms with Crippen LogP contribution in [0.1, 0.15) is 11.6 Å². The molecule has 0 aromatic heterocycles. The number of carbonyl (C=O) groups is 1. The summed E-state index contributed by atoms with van der Waals surface area (Å²) >= 11 is 3.26. The summed E-state index contributed by atoms with van der Waals surface area (Å²) < 4.78 is 13.7. The lowest BCUT2D eigenvalue weighted by molar-refractivity contribution is 0.250. The van der Waals surface area contributed by atoms with Crippen molar-refractivity contribution < 1.29 is 9.18 Å². The molecule has 1 aromatic rings. The van der Waals surface area contributed by atoms with E-state index in [2.05, 4.69) is 26.2 Å². The van der Waals surface area contributed by atoms with Gasteiger partial charge >= 0.3 is 6.03 Å². The highest BCUT2D eigenvalue weighted by Gasteiger charge is 2.26. The van der Waals surface area contributed by atoms with Crippen molar-refractivity contribution in [3.63, 3.8) is 0 Å². The van der Waals surface area contributed by atoms with Gasteiger partial charge in [0.1, 0.15) is 17.7 Å². The van der Waals surface area contributed by atoms with Gasteiger partial charge in [-0.05, 0) is 23.8 Å². The minimum absolute atomic E-state index is 0.145. The van der Waals surface area contributed by atoms with Gasteiger partial charge in [-0.3, -0.25) is 0 Å². The zero-order valence-electron chi connectivity index (χ0n) is 7.50. The van der Waals surface area contributed by atoms with Gasteiger partial charge in [0.05, 0.1) is 0 Å². The number of benzene rings is 1.